The Morgan fingerprint density at radius 3 is 2.78 bits per heavy atom. The molecule has 1 aliphatic carbocycles. The summed E-state index contributed by atoms with van der Waals surface area (Å²) in [5.41, 5.74) is 2.23. The normalized spacial score (nSPS) is 20.0. The third kappa shape index (κ3) is 3.08. The summed E-state index contributed by atoms with van der Waals surface area (Å²) >= 11 is 0. The zero-order chi connectivity index (χ0) is 19.1. The molecule has 4 rings (SSSR count). The number of ether oxygens (including phenoxy) is 1. The first-order valence-electron chi connectivity index (χ1n) is 8.62. The number of aliphatic hydroxyl groups is 2. The molecule has 8 heteroatoms. The number of carbonyl (C=O) groups is 2. The Morgan fingerprint density at radius 1 is 1.33 bits per heavy atom. The molecule has 0 saturated heterocycles. The standard InChI is InChI=1S/C19H19N3O5/c1-10-2-4-11(5-3-10)20-12-6-13(24)18-17(19(12)26)21-16-9-27-15(7-22(16)18)14(25)8-23/h2-6,14-15,20,23,25H,7-9H2,1H3/t14-,15+/m1/s1. The third-order valence-corrected chi connectivity index (χ3v) is 4.75. The van der Waals surface area contributed by atoms with E-state index in [1.807, 2.05) is 31.2 Å². The van der Waals surface area contributed by atoms with Gasteiger partial charge in [-0.05, 0) is 19.1 Å². The molecule has 0 bridgehead atoms. The molecule has 140 valence electrons. The van der Waals surface area contributed by atoms with Gasteiger partial charge in [-0.15, -0.1) is 0 Å². The number of Topliss-reactive ketones (excluding diaryl/α,β-unsaturated/α-hetero) is 1. The summed E-state index contributed by atoms with van der Waals surface area (Å²) in [4.78, 5) is 29.8. The zero-order valence-corrected chi connectivity index (χ0v) is 14.7. The first kappa shape index (κ1) is 17.6. The van der Waals surface area contributed by atoms with Gasteiger partial charge in [0.05, 0.1) is 18.8 Å². The molecule has 0 radical (unpaired) electrons. The highest BCUT2D eigenvalue weighted by molar-refractivity contribution is 6.24. The highest BCUT2D eigenvalue weighted by atomic mass is 16.5. The number of hydrogen-bond acceptors (Lipinski definition) is 7. The number of hydrogen-bond donors (Lipinski definition) is 3. The first-order valence-corrected chi connectivity index (χ1v) is 8.62. The van der Waals surface area contributed by atoms with Gasteiger partial charge < -0.3 is 24.8 Å². The molecule has 2 atom stereocenters. The van der Waals surface area contributed by atoms with Crippen molar-refractivity contribution >= 4 is 17.3 Å². The minimum absolute atomic E-state index is 0.0516. The Bertz CT molecular complexity index is 945. The van der Waals surface area contributed by atoms with Crippen molar-refractivity contribution in [3.63, 3.8) is 0 Å². The number of nitrogens with one attached hydrogen (secondary N) is 1. The van der Waals surface area contributed by atoms with Gasteiger partial charge in [-0.1, -0.05) is 17.7 Å². The van der Waals surface area contributed by atoms with E-state index in [0.717, 1.165) is 5.56 Å². The smallest absolute Gasteiger partial charge is 0.230 e. The van der Waals surface area contributed by atoms with Crippen molar-refractivity contribution in [2.24, 2.45) is 0 Å². The largest absolute Gasteiger partial charge is 0.394 e. The molecule has 27 heavy (non-hydrogen) atoms. The number of benzene rings is 1. The number of ketones is 2. The number of aliphatic hydroxyl groups excluding tert-OH is 2. The first-order chi connectivity index (χ1) is 13.0. The molecule has 0 unspecified atom stereocenters. The second kappa shape index (κ2) is 6.73. The van der Waals surface area contributed by atoms with E-state index in [2.05, 4.69) is 10.3 Å². The maximum absolute atomic E-state index is 12.8. The number of fused-ring (bicyclic) bond motifs is 3. The SMILES string of the molecule is Cc1ccc(NC2=CC(=O)c3c(nc4n3C[C@@H]([C@H](O)CO)OC4)C2=O)cc1. The molecule has 0 fully saturated rings. The number of rotatable bonds is 4. The number of aryl methyl sites for hydroxylation is 1. The van der Waals surface area contributed by atoms with E-state index in [0.29, 0.717) is 11.5 Å². The van der Waals surface area contributed by atoms with Crippen LogP contribution in [0.1, 0.15) is 32.4 Å². The van der Waals surface area contributed by atoms with Crippen LogP contribution in [0.2, 0.25) is 0 Å². The highest BCUT2D eigenvalue weighted by Gasteiger charge is 2.36. The minimum atomic E-state index is -1.07. The van der Waals surface area contributed by atoms with Gasteiger partial charge in [0.1, 0.15) is 36.0 Å². The molecule has 1 aliphatic heterocycles. The van der Waals surface area contributed by atoms with E-state index in [-0.39, 0.29) is 41.8 Å². The number of anilines is 1. The van der Waals surface area contributed by atoms with Crippen molar-refractivity contribution in [3.8, 4) is 0 Å². The summed E-state index contributed by atoms with van der Waals surface area (Å²) in [6.45, 7) is 1.71. The molecule has 2 heterocycles. The molecule has 3 N–H and O–H groups in total. The molecule has 0 saturated carbocycles. The predicted octanol–water partition coefficient (Wildman–Crippen LogP) is 0.819. The molecule has 1 aromatic heterocycles. The van der Waals surface area contributed by atoms with Crippen LogP contribution in [0.25, 0.3) is 0 Å². The lowest BCUT2D eigenvalue weighted by Crippen LogP contribution is -2.40. The van der Waals surface area contributed by atoms with Crippen LogP contribution in [-0.2, 0) is 17.9 Å². The fraction of sp³-hybridized carbons (Fsp3) is 0.316. The molecular formula is C19H19N3O5. The van der Waals surface area contributed by atoms with Crippen LogP contribution < -0.4 is 5.32 Å². The zero-order valence-electron chi connectivity index (χ0n) is 14.7. The van der Waals surface area contributed by atoms with E-state index in [1.165, 1.54) is 6.08 Å². The topological polar surface area (TPSA) is 114 Å². The van der Waals surface area contributed by atoms with Crippen LogP contribution in [0.15, 0.2) is 36.0 Å². The Kier molecular flexibility index (Phi) is 4.39. The Morgan fingerprint density at radius 2 is 2.07 bits per heavy atom. The highest BCUT2D eigenvalue weighted by Crippen LogP contribution is 2.27. The van der Waals surface area contributed by atoms with Gasteiger partial charge in [0.2, 0.25) is 11.6 Å². The molecule has 2 aromatic rings. The van der Waals surface area contributed by atoms with Crippen molar-refractivity contribution in [1.82, 2.24) is 9.55 Å². The maximum atomic E-state index is 12.8. The molecule has 1 aromatic carbocycles. The van der Waals surface area contributed by atoms with Gasteiger partial charge in [-0.2, -0.15) is 0 Å². The van der Waals surface area contributed by atoms with Crippen LogP contribution in [0.4, 0.5) is 5.69 Å². The van der Waals surface area contributed by atoms with E-state index in [1.54, 1.807) is 4.57 Å². The summed E-state index contributed by atoms with van der Waals surface area (Å²) in [7, 11) is 0. The van der Waals surface area contributed by atoms with Crippen molar-refractivity contribution in [3.05, 3.63) is 58.8 Å². The van der Waals surface area contributed by atoms with Gasteiger partial charge in [0.25, 0.3) is 0 Å². The van der Waals surface area contributed by atoms with Crippen LogP contribution >= 0.6 is 0 Å². The summed E-state index contributed by atoms with van der Waals surface area (Å²) in [6, 6.07) is 7.47. The van der Waals surface area contributed by atoms with Gasteiger partial charge >= 0.3 is 0 Å². The van der Waals surface area contributed by atoms with Gasteiger partial charge in [0, 0.05) is 11.8 Å². The summed E-state index contributed by atoms with van der Waals surface area (Å²) < 4.78 is 7.09. The van der Waals surface area contributed by atoms with Crippen molar-refractivity contribution < 1.29 is 24.5 Å². The third-order valence-electron chi connectivity index (χ3n) is 4.75. The summed E-state index contributed by atoms with van der Waals surface area (Å²) in [5.74, 6) is -0.253. The molecular weight excluding hydrogens is 350 g/mol. The van der Waals surface area contributed by atoms with Gasteiger partial charge in [-0.3, -0.25) is 9.59 Å². The maximum Gasteiger partial charge on any atom is 0.230 e. The number of aromatic nitrogens is 2. The lowest BCUT2D eigenvalue weighted by Gasteiger charge is -2.28. The fourth-order valence-corrected chi connectivity index (χ4v) is 3.26. The second-order valence-electron chi connectivity index (χ2n) is 6.68. The number of carbonyl (C=O) groups excluding carboxylic acids is 2. The van der Waals surface area contributed by atoms with Gasteiger partial charge in [0.15, 0.2) is 0 Å². The van der Waals surface area contributed by atoms with E-state index in [9.17, 15) is 14.7 Å². The second-order valence-corrected chi connectivity index (χ2v) is 6.68. The van der Waals surface area contributed by atoms with E-state index >= 15 is 0 Å². The quantitative estimate of drug-likeness (QED) is 0.731. The summed E-state index contributed by atoms with van der Waals surface area (Å²) in [6.07, 6.45) is -0.466. The molecule has 0 spiro atoms. The van der Waals surface area contributed by atoms with Crippen molar-refractivity contribution in [2.45, 2.75) is 32.3 Å². The average Bonchev–Trinajstić information content (AvgIpc) is 3.06. The van der Waals surface area contributed by atoms with Gasteiger partial charge in [-0.25, -0.2) is 4.98 Å². The molecule has 0 amide bonds. The van der Waals surface area contributed by atoms with Crippen LogP contribution in [0.3, 0.4) is 0 Å². The number of allylic oxidation sites excluding steroid dienone is 2. The number of nitrogens with zero attached hydrogens (tertiary/aromatic N) is 2. The van der Waals surface area contributed by atoms with Crippen molar-refractivity contribution in [1.29, 1.82) is 0 Å². The lowest BCUT2D eigenvalue weighted by atomic mass is 10.0. The average molecular weight is 369 g/mol. The summed E-state index contributed by atoms with van der Waals surface area (Å²) in [5, 5.41) is 21.9. The Hall–Kier alpha value is -2.81. The minimum Gasteiger partial charge on any atom is -0.394 e. The number of imidazole rings is 1. The van der Waals surface area contributed by atoms with Crippen LogP contribution in [-0.4, -0.2) is 50.1 Å². The fourth-order valence-electron chi connectivity index (χ4n) is 3.26. The molecule has 8 nitrogen and oxygen atoms in total. The monoisotopic (exact) mass is 369 g/mol. The van der Waals surface area contributed by atoms with Crippen LogP contribution in [0.5, 0.6) is 0 Å². The van der Waals surface area contributed by atoms with Crippen LogP contribution in [0, 0.1) is 6.92 Å². The Labute approximate surface area is 155 Å². The predicted molar refractivity (Wildman–Crippen MR) is 95.4 cm³/mol. The lowest BCUT2D eigenvalue weighted by molar-refractivity contribution is -0.0873. The van der Waals surface area contributed by atoms with Crippen molar-refractivity contribution in [2.75, 3.05) is 11.9 Å². The van der Waals surface area contributed by atoms with E-state index in [4.69, 9.17) is 9.84 Å². The molecule has 2 aliphatic rings. The van der Waals surface area contributed by atoms with E-state index < -0.39 is 18.8 Å². The Balaban J connectivity index is 1.64.